The van der Waals surface area contributed by atoms with Gasteiger partial charge in [-0.15, -0.1) is 0 Å². The van der Waals surface area contributed by atoms with Gasteiger partial charge in [-0.05, 0) is 24.7 Å². The van der Waals surface area contributed by atoms with Crippen LogP contribution in [0.1, 0.15) is 33.1 Å². The highest BCUT2D eigenvalue weighted by atomic mass is 16.5. The van der Waals surface area contributed by atoms with Crippen LogP contribution in [0.15, 0.2) is 0 Å². The van der Waals surface area contributed by atoms with Gasteiger partial charge >= 0.3 is 0 Å². The van der Waals surface area contributed by atoms with E-state index in [0.29, 0.717) is 6.10 Å². The molecule has 0 aromatic rings. The van der Waals surface area contributed by atoms with Gasteiger partial charge in [-0.25, -0.2) is 0 Å². The molecule has 2 atom stereocenters. The van der Waals surface area contributed by atoms with Crippen LogP contribution < -0.4 is 0 Å². The molecule has 10 heavy (non-hydrogen) atoms. The maximum Gasteiger partial charge on any atom is 0.0601 e. The molecule has 0 radical (unpaired) electrons. The summed E-state index contributed by atoms with van der Waals surface area (Å²) in [5.74, 6) is 1.62. The second-order valence-electron chi connectivity index (χ2n) is 3.61. The Bertz CT molecular complexity index is 98.9. The van der Waals surface area contributed by atoms with Crippen molar-refractivity contribution in [1.29, 1.82) is 0 Å². The van der Waals surface area contributed by atoms with E-state index in [4.69, 9.17) is 4.74 Å². The van der Waals surface area contributed by atoms with Crippen LogP contribution in [0.4, 0.5) is 0 Å². The van der Waals surface area contributed by atoms with Crippen molar-refractivity contribution in [3.05, 3.63) is 0 Å². The summed E-state index contributed by atoms with van der Waals surface area (Å²) in [7, 11) is 1.84. The summed E-state index contributed by atoms with van der Waals surface area (Å²) >= 11 is 0. The van der Waals surface area contributed by atoms with Crippen LogP contribution in [-0.2, 0) is 4.74 Å². The van der Waals surface area contributed by atoms with E-state index in [2.05, 4.69) is 13.8 Å². The maximum absolute atomic E-state index is 5.39. The van der Waals surface area contributed by atoms with E-state index in [-0.39, 0.29) is 0 Å². The Morgan fingerprint density at radius 1 is 1.30 bits per heavy atom. The third-order valence-electron chi connectivity index (χ3n) is 2.66. The van der Waals surface area contributed by atoms with Crippen LogP contribution in [0.2, 0.25) is 0 Å². The molecular weight excluding hydrogens is 124 g/mol. The minimum absolute atomic E-state index is 0.556. The smallest absolute Gasteiger partial charge is 0.0601 e. The summed E-state index contributed by atoms with van der Waals surface area (Å²) in [5.41, 5.74) is 0. The third-order valence-corrected chi connectivity index (χ3v) is 2.66. The van der Waals surface area contributed by atoms with Crippen molar-refractivity contribution in [2.24, 2.45) is 11.8 Å². The minimum Gasteiger partial charge on any atom is -0.381 e. The van der Waals surface area contributed by atoms with Crippen molar-refractivity contribution in [1.82, 2.24) is 0 Å². The predicted octanol–water partition coefficient (Wildman–Crippen LogP) is 2.46. The standard InChI is InChI=1S/C9H18O/c1-7(2)8-5-4-6-9(8)10-3/h7-9H,4-6H2,1-3H3/t8-,9+/m1/s1. The molecule has 0 unspecified atom stereocenters. The lowest BCUT2D eigenvalue weighted by Gasteiger charge is -2.21. The summed E-state index contributed by atoms with van der Waals surface area (Å²) < 4.78 is 5.39. The van der Waals surface area contributed by atoms with Crippen LogP contribution in [0.3, 0.4) is 0 Å². The predicted molar refractivity (Wildman–Crippen MR) is 43.0 cm³/mol. The Morgan fingerprint density at radius 2 is 2.00 bits per heavy atom. The number of rotatable bonds is 2. The first-order valence-electron chi connectivity index (χ1n) is 4.28. The topological polar surface area (TPSA) is 9.23 Å². The van der Waals surface area contributed by atoms with Gasteiger partial charge in [-0.3, -0.25) is 0 Å². The van der Waals surface area contributed by atoms with E-state index in [1.165, 1.54) is 19.3 Å². The van der Waals surface area contributed by atoms with Crippen LogP contribution in [0, 0.1) is 11.8 Å². The molecule has 0 aromatic carbocycles. The quantitative estimate of drug-likeness (QED) is 0.575. The third kappa shape index (κ3) is 1.51. The van der Waals surface area contributed by atoms with Gasteiger partial charge in [0.1, 0.15) is 0 Å². The summed E-state index contributed by atoms with van der Waals surface area (Å²) in [6.45, 7) is 4.59. The number of methoxy groups -OCH3 is 1. The fraction of sp³-hybridized carbons (Fsp3) is 1.00. The summed E-state index contributed by atoms with van der Waals surface area (Å²) in [4.78, 5) is 0. The monoisotopic (exact) mass is 142 g/mol. The molecule has 60 valence electrons. The Morgan fingerprint density at radius 3 is 2.40 bits per heavy atom. The Kier molecular flexibility index (Phi) is 2.72. The fourth-order valence-electron chi connectivity index (χ4n) is 2.01. The molecule has 1 saturated carbocycles. The fourth-order valence-corrected chi connectivity index (χ4v) is 2.01. The van der Waals surface area contributed by atoms with E-state index in [1.54, 1.807) is 0 Å². The van der Waals surface area contributed by atoms with Crippen molar-refractivity contribution in [2.45, 2.75) is 39.2 Å². The van der Waals surface area contributed by atoms with E-state index < -0.39 is 0 Å². The van der Waals surface area contributed by atoms with Crippen LogP contribution in [-0.4, -0.2) is 13.2 Å². The number of ether oxygens (including phenoxy) is 1. The molecule has 0 aromatic heterocycles. The molecule has 1 aliphatic carbocycles. The van der Waals surface area contributed by atoms with Crippen molar-refractivity contribution in [2.75, 3.05) is 7.11 Å². The molecule has 1 fully saturated rings. The molecule has 1 rings (SSSR count). The van der Waals surface area contributed by atoms with Gasteiger partial charge in [0.25, 0.3) is 0 Å². The van der Waals surface area contributed by atoms with Gasteiger partial charge in [0, 0.05) is 7.11 Å². The van der Waals surface area contributed by atoms with Crippen LogP contribution in [0.25, 0.3) is 0 Å². The van der Waals surface area contributed by atoms with E-state index >= 15 is 0 Å². The van der Waals surface area contributed by atoms with Crippen LogP contribution in [0.5, 0.6) is 0 Å². The lowest BCUT2D eigenvalue weighted by Crippen LogP contribution is -2.20. The highest BCUT2D eigenvalue weighted by Crippen LogP contribution is 2.32. The van der Waals surface area contributed by atoms with Gasteiger partial charge in [0.2, 0.25) is 0 Å². The van der Waals surface area contributed by atoms with Gasteiger partial charge in [0.15, 0.2) is 0 Å². The molecular formula is C9H18O. The second kappa shape index (κ2) is 3.38. The SMILES string of the molecule is CO[C@H]1CCC[C@@H]1C(C)C. The van der Waals surface area contributed by atoms with Gasteiger partial charge in [0.05, 0.1) is 6.10 Å². The molecule has 1 aliphatic rings. The Hall–Kier alpha value is -0.0400. The zero-order chi connectivity index (χ0) is 7.56. The van der Waals surface area contributed by atoms with Gasteiger partial charge in [-0.2, -0.15) is 0 Å². The lowest BCUT2D eigenvalue weighted by atomic mass is 9.93. The summed E-state index contributed by atoms with van der Waals surface area (Å²) in [5, 5.41) is 0. The van der Waals surface area contributed by atoms with Crippen molar-refractivity contribution in [3.8, 4) is 0 Å². The average Bonchev–Trinajstić information content (AvgIpc) is 2.33. The second-order valence-corrected chi connectivity index (χ2v) is 3.61. The highest BCUT2D eigenvalue weighted by molar-refractivity contribution is 4.79. The molecule has 0 spiro atoms. The summed E-state index contributed by atoms with van der Waals surface area (Å²) in [6.07, 6.45) is 4.57. The molecule has 0 bridgehead atoms. The van der Waals surface area contributed by atoms with Crippen molar-refractivity contribution >= 4 is 0 Å². The molecule has 1 nitrogen and oxygen atoms in total. The van der Waals surface area contributed by atoms with Gasteiger partial charge < -0.3 is 4.74 Å². The zero-order valence-corrected chi connectivity index (χ0v) is 7.26. The molecule has 0 saturated heterocycles. The maximum atomic E-state index is 5.39. The molecule has 0 heterocycles. The van der Waals surface area contributed by atoms with Gasteiger partial charge in [-0.1, -0.05) is 20.3 Å². The van der Waals surface area contributed by atoms with E-state index in [0.717, 1.165) is 11.8 Å². The minimum atomic E-state index is 0.556. The first kappa shape index (κ1) is 8.06. The lowest BCUT2D eigenvalue weighted by molar-refractivity contribution is 0.0541. The number of hydrogen-bond donors (Lipinski definition) is 0. The normalized spacial score (nSPS) is 33.6. The number of hydrogen-bond acceptors (Lipinski definition) is 1. The first-order chi connectivity index (χ1) is 4.75. The average molecular weight is 142 g/mol. The Labute approximate surface area is 63.8 Å². The van der Waals surface area contributed by atoms with E-state index in [9.17, 15) is 0 Å². The first-order valence-corrected chi connectivity index (χ1v) is 4.28. The van der Waals surface area contributed by atoms with Crippen molar-refractivity contribution in [3.63, 3.8) is 0 Å². The molecule has 0 amide bonds. The summed E-state index contributed by atoms with van der Waals surface area (Å²) in [6, 6.07) is 0. The highest BCUT2D eigenvalue weighted by Gasteiger charge is 2.28. The molecule has 0 aliphatic heterocycles. The zero-order valence-electron chi connectivity index (χ0n) is 7.26. The Balaban J connectivity index is 2.42. The molecule has 1 heteroatoms. The molecule has 0 N–H and O–H groups in total. The largest absolute Gasteiger partial charge is 0.381 e. The van der Waals surface area contributed by atoms with E-state index in [1.807, 2.05) is 7.11 Å². The van der Waals surface area contributed by atoms with Crippen LogP contribution >= 0.6 is 0 Å². The van der Waals surface area contributed by atoms with Crippen molar-refractivity contribution < 1.29 is 4.74 Å².